The van der Waals surface area contributed by atoms with Crippen molar-refractivity contribution >= 4 is 0 Å². The summed E-state index contributed by atoms with van der Waals surface area (Å²) in [5, 5.41) is 9.43. The average Bonchev–Trinajstić information content (AvgIpc) is 2.17. The second kappa shape index (κ2) is 4.35. The summed E-state index contributed by atoms with van der Waals surface area (Å²) >= 11 is 0. The van der Waals surface area contributed by atoms with Gasteiger partial charge in [0.25, 0.3) is 0 Å². The minimum Gasteiger partial charge on any atom is -0.391 e. The zero-order valence-corrected chi connectivity index (χ0v) is 7.57. The molecule has 0 saturated heterocycles. The van der Waals surface area contributed by atoms with Crippen molar-refractivity contribution in [3.05, 3.63) is 35.6 Å². The Bertz CT molecular complexity index is 260. The molecule has 0 radical (unpaired) electrons. The maximum Gasteiger partial charge on any atom is 0.123 e. The van der Waals surface area contributed by atoms with Crippen LogP contribution in [0.4, 0.5) is 4.39 Å². The fourth-order valence-electron chi connectivity index (χ4n) is 1.19. The van der Waals surface area contributed by atoms with Crippen LogP contribution in [0.25, 0.3) is 0 Å². The van der Waals surface area contributed by atoms with Crippen LogP contribution in [0, 0.1) is 5.82 Å². The van der Waals surface area contributed by atoms with Crippen molar-refractivity contribution in [2.24, 2.45) is 5.73 Å². The Balaban J connectivity index is 2.77. The standard InChI is InChI=1S/C10H14FNO/c1-7(10(13)6-12)8-2-4-9(11)5-3-8/h2-5,7,10,13H,6,12H2,1H3/t7-,10+/m1/s1. The molecule has 0 unspecified atom stereocenters. The highest BCUT2D eigenvalue weighted by Crippen LogP contribution is 2.18. The normalized spacial score (nSPS) is 15.4. The van der Waals surface area contributed by atoms with Crippen molar-refractivity contribution in [1.29, 1.82) is 0 Å². The van der Waals surface area contributed by atoms with Gasteiger partial charge >= 0.3 is 0 Å². The molecule has 1 aromatic rings. The Hall–Kier alpha value is -0.930. The molecule has 0 amide bonds. The molecule has 0 aliphatic carbocycles. The van der Waals surface area contributed by atoms with Crippen molar-refractivity contribution in [2.75, 3.05) is 6.54 Å². The number of nitrogens with two attached hydrogens (primary N) is 1. The quantitative estimate of drug-likeness (QED) is 0.740. The van der Waals surface area contributed by atoms with Crippen molar-refractivity contribution in [3.8, 4) is 0 Å². The smallest absolute Gasteiger partial charge is 0.123 e. The van der Waals surface area contributed by atoms with Crippen molar-refractivity contribution in [2.45, 2.75) is 18.9 Å². The first-order chi connectivity index (χ1) is 6.15. The maximum absolute atomic E-state index is 12.5. The van der Waals surface area contributed by atoms with E-state index in [9.17, 15) is 9.50 Å². The van der Waals surface area contributed by atoms with Gasteiger partial charge < -0.3 is 10.8 Å². The molecule has 0 spiro atoms. The third kappa shape index (κ3) is 2.50. The summed E-state index contributed by atoms with van der Waals surface area (Å²) in [6.07, 6.45) is -0.564. The van der Waals surface area contributed by atoms with Gasteiger partial charge in [0.2, 0.25) is 0 Å². The fourth-order valence-corrected chi connectivity index (χ4v) is 1.19. The van der Waals surface area contributed by atoms with Gasteiger partial charge in [-0.1, -0.05) is 19.1 Å². The van der Waals surface area contributed by atoms with Crippen LogP contribution < -0.4 is 5.73 Å². The predicted molar refractivity (Wildman–Crippen MR) is 49.9 cm³/mol. The second-order valence-corrected chi connectivity index (χ2v) is 3.14. The van der Waals surface area contributed by atoms with Gasteiger partial charge in [-0.25, -0.2) is 4.39 Å². The highest BCUT2D eigenvalue weighted by molar-refractivity contribution is 5.20. The largest absolute Gasteiger partial charge is 0.391 e. The first-order valence-corrected chi connectivity index (χ1v) is 4.28. The molecule has 0 saturated carbocycles. The molecule has 13 heavy (non-hydrogen) atoms. The zero-order chi connectivity index (χ0) is 9.84. The Kier molecular flexibility index (Phi) is 3.39. The molecule has 1 rings (SSSR count). The number of hydrogen-bond acceptors (Lipinski definition) is 2. The maximum atomic E-state index is 12.5. The van der Waals surface area contributed by atoms with Crippen molar-refractivity contribution in [1.82, 2.24) is 0 Å². The van der Waals surface area contributed by atoms with E-state index in [1.165, 1.54) is 12.1 Å². The van der Waals surface area contributed by atoms with Crippen LogP contribution in [0.15, 0.2) is 24.3 Å². The molecule has 0 aliphatic rings. The summed E-state index contributed by atoms with van der Waals surface area (Å²) in [4.78, 5) is 0. The van der Waals surface area contributed by atoms with Gasteiger partial charge in [-0.05, 0) is 17.7 Å². The lowest BCUT2D eigenvalue weighted by Crippen LogP contribution is -2.25. The molecule has 0 fully saturated rings. The first-order valence-electron chi connectivity index (χ1n) is 4.28. The summed E-state index contributed by atoms with van der Waals surface area (Å²) in [6.45, 7) is 2.09. The van der Waals surface area contributed by atoms with E-state index in [0.29, 0.717) is 0 Å². The molecule has 0 bridgehead atoms. The van der Waals surface area contributed by atoms with Crippen molar-refractivity contribution < 1.29 is 9.50 Å². The van der Waals surface area contributed by atoms with E-state index in [-0.39, 0.29) is 18.3 Å². The van der Waals surface area contributed by atoms with Crippen molar-refractivity contribution in [3.63, 3.8) is 0 Å². The van der Waals surface area contributed by atoms with E-state index >= 15 is 0 Å². The topological polar surface area (TPSA) is 46.2 Å². The van der Waals surface area contributed by atoms with Gasteiger partial charge in [0.1, 0.15) is 5.82 Å². The van der Waals surface area contributed by atoms with Gasteiger partial charge in [-0.2, -0.15) is 0 Å². The van der Waals surface area contributed by atoms with Crippen LogP contribution in [-0.4, -0.2) is 17.8 Å². The molecule has 0 aromatic heterocycles. The molecule has 1 aromatic carbocycles. The number of aliphatic hydroxyl groups excluding tert-OH is 1. The Labute approximate surface area is 77.2 Å². The Morgan fingerprint density at radius 3 is 2.38 bits per heavy atom. The minimum absolute atomic E-state index is 0.0504. The third-order valence-electron chi connectivity index (χ3n) is 2.21. The Morgan fingerprint density at radius 2 is 1.92 bits per heavy atom. The molecule has 3 heteroatoms. The van der Waals surface area contributed by atoms with Crippen LogP contribution in [0.5, 0.6) is 0 Å². The fraction of sp³-hybridized carbons (Fsp3) is 0.400. The van der Waals surface area contributed by atoms with Crippen LogP contribution in [0.3, 0.4) is 0 Å². The predicted octanol–water partition coefficient (Wildman–Crippen LogP) is 1.25. The van der Waals surface area contributed by atoms with Crippen LogP contribution in [0.2, 0.25) is 0 Å². The van der Waals surface area contributed by atoms with Gasteiger partial charge in [-0.3, -0.25) is 0 Å². The lowest BCUT2D eigenvalue weighted by Gasteiger charge is -2.17. The van der Waals surface area contributed by atoms with Gasteiger partial charge in [-0.15, -0.1) is 0 Å². The number of rotatable bonds is 3. The lowest BCUT2D eigenvalue weighted by molar-refractivity contribution is 0.157. The summed E-state index contributed by atoms with van der Waals surface area (Å²) in [6, 6.07) is 6.10. The zero-order valence-electron chi connectivity index (χ0n) is 7.57. The van der Waals surface area contributed by atoms with E-state index in [1.54, 1.807) is 12.1 Å². The lowest BCUT2D eigenvalue weighted by atomic mass is 9.95. The molecule has 0 aliphatic heterocycles. The summed E-state index contributed by atoms with van der Waals surface area (Å²) in [7, 11) is 0. The van der Waals surface area contributed by atoms with E-state index in [4.69, 9.17) is 5.73 Å². The van der Waals surface area contributed by atoms with E-state index in [2.05, 4.69) is 0 Å². The van der Waals surface area contributed by atoms with E-state index in [0.717, 1.165) is 5.56 Å². The SMILES string of the molecule is C[C@H](c1ccc(F)cc1)[C@@H](O)CN. The molecule has 0 heterocycles. The van der Waals surface area contributed by atoms with E-state index < -0.39 is 6.10 Å². The Morgan fingerprint density at radius 1 is 1.38 bits per heavy atom. The third-order valence-corrected chi connectivity index (χ3v) is 2.21. The highest BCUT2D eigenvalue weighted by atomic mass is 19.1. The number of aliphatic hydroxyl groups is 1. The minimum atomic E-state index is -0.564. The summed E-state index contributed by atoms with van der Waals surface area (Å²) in [5.41, 5.74) is 6.22. The number of halogens is 1. The number of hydrogen-bond donors (Lipinski definition) is 2. The molecule has 72 valence electrons. The average molecular weight is 183 g/mol. The molecular formula is C10H14FNO. The first kappa shape index (κ1) is 10.2. The molecule has 3 N–H and O–H groups in total. The van der Waals surface area contributed by atoms with Crippen LogP contribution >= 0.6 is 0 Å². The summed E-state index contributed by atoms with van der Waals surface area (Å²) in [5.74, 6) is -0.316. The van der Waals surface area contributed by atoms with Gasteiger partial charge in [0.05, 0.1) is 6.10 Å². The van der Waals surface area contributed by atoms with Crippen LogP contribution in [-0.2, 0) is 0 Å². The monoisotopic (exact) mass is 183 g/mol. The number of benzene rings is 1. The highest BCUT2D eigenvalue weighted by Gasteiger charge is 2.13. The van der Waals surface area contributed by atoms with Crippen LogP contribution in [0.1, 0.15) is 18.4 Å². The van der Waals surface area contributed by atoms with E-state index in [1.807, 2.05) is 6.92 Å². The molecular weight excluding hydrogens is 169 g/mol. The van der Waals surface area contributed by atoms with Gasteiger partial charge in [0, 0.05) is 12.5 Å². The van der Waals surface area contributed by atoms with Gasteiger partial charge in [0.15, 0.2) is 0 Å². The summed E-state index contributed by atoms with van der Waals surface area (Å²) < 4.78 is 12.5. The molecule has 2 atom stereocenters. The second-order valence-electron chi connectivity index (χ2n) is 3.14. The molecule has 2 nitrogen and oxygen atoms in total.